The molecule has 1 aromatic carbocycles. The van der Waals surface area contributed by atoms with Crippen molar-refractivity contribution >= 4 is 17.6 Å². The van der Waals surface area contributed by atoms with E-state index in [2.05, 4.69) is 26.0 Å². The summed E-state index contributed by atoms with van der Waals surface area (Å²) in [5.41, 5.74) is 1.85. The van der Waals surface area contributed by atoms with Crippen LogP contribution in [0.15, 0.2) is 47.7 Å². The molecule has 1 heterocycles. The highest BCUT2D eigenvalue weighted by Gasteiger charge is 2.21. The molecule has 1 aromatic heterocycles. The predicted molar refractivity (Wildman–Crippen MR) is 93.7 cm³/mol. The Bertz CT molecular complexity index is 706. The quantitative estimate of drug-likeness (QED) is 0.553. The molecule has 1 fully saturated rings. The molecule has 0 atom stereocenters. The van der Waals surface area contributed by atoms with Gasteiger partial charge in [0.05, 0.1) is 0 Å². The van der Waals surface area contributed by atoms with Gasteiger partial charge in [-0.25, -0.2) is 0 Å². The minimum Gasteiger partial charge on any atom is -0.354 e. The summed E-state index contributed by atoms with van der Waals surface area (Å²) in [4.78, 5) is 16.2. The number of aliphatic imine (C=N–C) groups is 1. The average molecular weight is 326 g/mol. The molecule has 0 spiro atoms. The Kier molecular flexibility index (Phi) is 5.10. The molecule has 1 aliphatic carbocycles. The van der Waals surface area contributed by atoms with Crippen LogP contribution in [0.25, 0.3) is 0 Å². The van der Waals surface area contributed by atoms with E-state index in [0.29, 0.717) is 12.6 Å². The van der Waals surface area contributed by atoms with Crippen LogP contribution >= 0.6 is 0 Å². The Morgan fingerprint density at radius 2 is 2.25 bits per heavy atom. The van der Waals surface area contributed by atoms with E-state index in [1.54, 1.807) is 30.2 Å². The van der Waals surface area contributed by atoms with E-state index in [1.807, 2.05) is 24.3 Å². The van der Waals surface area contributed by atoms with Gasteiger partial charge in [-0.1, -0.05) is 12.1 Å². The minimum atomic E-state index is -0.102. The molecule has 7 heteroatoms. The molecule has 0 saturated heterocycles. The van der Waals surface area contributed by atoms with Crippen LogP contribution in [0, 0.1) is 0 Å². The van der Waals surface area contributed by atoms with Gasteiger partial charge >= 0.3 is 0 Å². The average Bonchev–Trinajstić information content (AvgIpc) is 3.25. The maximum absolute atomic E-state index is 12.0. The molecule has 0 unspecified atom stereocenters. The number of aromatic nitrogens is 2. The molecule has 2 aromatic rings. The summed E-state index contributed by atoms with van der Waals surface area (Å²) in [7, 11) is 1.77. The minimum absolute atomic E-state index is 0.102. The molecule has 1 saturated carbocycles. The number of rotatable bonds is 6. The Labute approximate surface area is 141 Å². The second-order valence-corrected chi connectivity index (χ2v) is 5.80. The fraction of sp³-hybridized carbons (Fsp3) is 0.353. The third kappa shape index (κ3) is 4.84. The zero-order valence-electron chi connectivity index (χ0n) is 13.7. The maximum atomic E-state index is 12.0. The van der Waals surface area contributed by atoms with Crippen molar-refractivity contribution in [2.24, 2.45) is 4.99 Å². The highest BCUT2D eigenvalue weighted by Crippen LogP contribution is 2.18. The fourth-order valence-corrected chi connectivity index (χ4v) is 2.30. The molecule has 7 nitrogen and oxygen atoms in total. The number of anilines is 1. The monoisotopic (exact) mass is 326 g/mol. The topological polar surface area (TPSA) is 83.3 Å². The number of carbonyl (C=O) groups excluding carboxylic acids is 1. The maximum Gasteiger partial charge on any atom is 0.246 e. The van der Waals surface area contributed by atoms with Gasteiger partial charge in [-0.3, -0.25) is 14.5 Å². The number of hydrogen-bond acceptors (Lipinski definition) is 3. The molecular formula is C17H22N6O. The Balaban J connectivity index is 1.52. The van der Waals surface area contributed by atoms with Gasteiger partial charge in [-0.15, -0.1) is 0 Å². The summed E-state index contributed by atoms with van der Waals surface area (Å²) < 4.78 is 1.59. The first kappa shape index (κ1) is 16.0. The van der Waals surface area contributed by atoms with Crippen LogP contribution < -0.4 is 16.0 Å². The van der Waals surface area contributed by atoms with Crippen molar-refractivity contribution in [2.45, 2.75) is 32.0 Å². The Hall–Kier alpha value is -2.83. The van der Waals surface area contributed by atoms with Crippen LogP contribution in [0.5, 0.6) is 0 Å². The summed E-state index contributed by atoms with van der Waals surface area (Å²) in [6.45, 7) is 0.850. The molecule has 1 aliphatic rings. The van der Waals surface area contributed by atoms with Gasteiger partial charge < -0.3 is 16.0 Å². The third-order valence-corrected chi connectivity index (χ3v) is 3.68. The van der Waals surface area contributed by atoms with Crippen LogP contribution in [0.3, 0.4) is 0 Å². The number of benzene rings is 1. The van der Waals surface area contributed by atoms with Crippen LogP contribution in [0.4, 0.5) is 5.69 Å². The first-order valence-electron chi connectivity index (χ1n) is 8.06. The summed E-state index contributed by atoms with van der Waals surface area (Å²) in [5.74, 6) is 0.709. The van der Waals surface area contributed by atoms with E-state index < -0.39 is 0 Å². The highest BCUT2D eigenvalue weighted by atomic mass is 16.2. The van der Waals surface area contributed by atoms with Gasteiger partial charge in [0.15, 0.2) is 5.96 Å². The lowest BCUT2D eigenvalue weighted by Gasteiger charge is -2.12. The lowest BCUT2D eigenvalue weighted by molar-refractivity contribution is -0.116. The Morgan fingerprint density at radius 1 is 1.38 bits per heavy atom. The number of guanidine groups is 1. The van der Waals surface area contributed by atoms with E-state index >= 15 is 0 Å². The third-order valence-electron chi connectivity index (χ3n) is 3.68. The zero-order chi connectivity index (χ0) is 16.8. The van der Waals surface area contributed by atoms with Gasteiger partial charge in [0, 0.05) is 37.7 Å². The second kappa shape index (κ2) is 7.63. The van der Waals surface area contributed by atoms with E-state index in [4.69, 9.17) is 0 Å². The van der Waals surface area contributed by atoms with Crippen LogP contribution in [0.1, 0.15) is 18.4 Å². The number of hydrogen-bond donors (Lipinski definition) is 3. The van der Waals surface area contributed by atoms with Gasteiger partial charge in [-0.05, 0) is 36.6 Å². The smallest absolute Gasteiger partial charge is 0.246 e. The van der Waals surface area contributed by atoms with Crippen LogP contribution in [-0.2, 0) is 17.9 Å². The summed E-state index contributed by atoms with van der Waals surface area (Å²) in [6, 6.07) is 10.1. The highest BCUT2D eigenvalue weighted by molar-refractivity contribution is 5.90. The zero-order valence-corrected chi connectivity index (χ0v) is 13.7. The number of amides is 1. The molecular weight excluding hydrogens is 304 g/mol. The lowest BCUT2D eigenvalue weighted by Crippen LogP contribution is -2.38. The standard InChI is InChI=1S/C17H22N6O/c1-18-17(22-14-6-7-14)19-11-13-4-2-5-15(10-13)21-16(24)12-23-9-3-8-20-23/h2-5,8-10,14H,6-7,11-12H2,1H3,(H,21,24)(H2,18,19,22). The van der Waals surface area contributed by atoms with Crippen molar-refractivity contribution < 1.29 is 4.79 Å². The molecule has 0 aliphatic heterocycles. The van der Waals surface area contributed by atoms with Crippen molar-refractivity contribution in [3.05, 3.63) is 48.3 Å². The second-order valence-electron chi connectivity index (χ2n) is 5.80. The molecule has 0 bridgehead atoms. The molecule has 0 radical (unpaired) electrons. The largest absolute Gasteiger partial charge is 0.354 e. The molecule has 1 amide bonds. The van der Waals surface area contributed by atoms with Crippen molar-refractivity contribution in [2.75, 3.05) is 12.4 Å². The van der Waals surface area contributed by atoms with Crippen LogP contribution in [-0.4, -0.2) is 34.7 Å². The summed E-state index contributed by atoms with van der Waals surface area (Å²) >= 11 is 0. The van der Waals surface area contributed by atoms with E-state index in [-0.39, 0.29) is 12.5 Å². The molecule has 24 heavy (non-hydrogen) atoms. The van der Waals surface area contributed by atoms with Gasteiger partial charge in [0.2, 0.25) is 5.91 Å². The van der Waals surface area contributed by atoms with Crippen LogP contribution in [0.2, 0.25) is 0 Å². The summed E-state index contributed by atoms with van der Waals surface area (Å²) in [6.07, 6.45) is 5.83. The number of nitrogens with zero attached hydrogens (tertiary/aromatic N) is 3. The lowest BCUT2D eigenvalue weighted by atomic mass is 10.2. The van der Waals surface area contributed by atoms with Gasteiger partial charge in [-0.2, -0.15) is 5.10 Å². The molecule has 3 rings (SSSR count). The van der Waals surface area contributed by atoms with Crippen molar-refractivity contribution in [3.63, 3.8) is 0 Å². The SMILES string of the molecule is CN=C(NCc1cccc(NC(=O)Cn2cccn2)c1)NC1CC1. The number of carbonyl (C=O) groups is 1. The van der Waals surface area contributed by atoms with E-state index in [0.717, 1.165) is 17.2 Å². The van der Waals surface area contributed by atoms with Crippen molar-refractivity contribution in [1.29, 1.82) is 0 Å². The van der Waals surface area contributed by atoms with Crippen molar-refractivity contribution in [3.8, 4) is 0 Å². The molecule has 126 valence electrons. The van der Waals surface area contributed by atoms with E-state index in [1.165, 1.54) is 12.8 Å². The van der Waals surface area contributed by atoms with E-state index in [9.17, 15) is 4.79 Å². The molecule has 3 N–H and O–H groups in total. The predicted octanol–water partition coefficient (Wildman–Crippen LogP) is 1.35. The Morgan fingerprint density at radius 3 is 2.96 bits per heavy atom. The van der Waals surface area contributed by atoms with Gasteiger partial charge in [0.25, 0.3) is 0 Å². The fourth-order valence-electron chi connectivity index (χ4n) is 2.30. The number of nitrogens with one attached hydrogen (secondary N) is 3. The van der Waals surface area contributed by atoms with Crippen molar-refractivity contribution in [1.82, 2.24) is 20.4 Å². The summed E-state index contributed by atoms with van der Waals surface area (Å²) in [5, 5.41) is 13.5. The van der Waals surface area contributed by atoms with Gasteiger partial charge in [0.1, 0.15) is 6.54 Å². The normalized spacial score (nSPS) is 14.3. The first-order valence-corrected chi connectivity index (χ1v) is 8.06. The first-order chi connectivity index (χ1) is 11.7.